The Morgan fingerprint density at radius 2 is 1.60 bits per heavy atom. The summed E-state index contributed by atoms with van der Waals surface area (Å²) in [6.45, 7) is 3.18. The standard InChI is InChI=1S/C11H21ClO3/c1-2-14-15-10-8-6-4-3-5-7-9-11(12)13/h2-10H2,1H3. The van der Waals surface area contributed by atoms with Gasteiger partial charge < -0.3 is 0 Å². The second-order valence-corrected chi connectivity index (χ2v) is 3.88. The van der Waals surface area contributed by atoms with Crippen molar-refractivity contribution in [3.63, 3.8) is 0 Å². The normalized spacial score (nSPS) is 10.5. The predicted octanol–water partition coefficient (Wildman–Crippen LogP) is 3.45. The van der Waals surface area contributed by atoms with Crippen LogP contribution in [0.25, 0.3) is 0 Å². The second-order valence-electron chi connectivity index (χ2n) is 3.45. The summed E-state index contributed by atoms with van der Waals surface area (Å²) < 4.78 is 0. The van der Waals surface area contributed by atoms with Gasteiger partial charge >= 0.3 is 0 Å². The molecule has 0 fully saturated rings. The molecule has 3 nitrogen and oxygen atoms in total. The minimum Gasteiger partial charge on any atom is -0.281 e. The average Bonchev–Trinajstić information content (AvgIpc) is 2.20. The third-order valence-corrected chi connectivity index (χ3v) is 2.24. The van der Waals surface area contributed by atoms with Crippen LogP contribution in [0.15, 0.2) is 0 Å². The Labute approximate surface area is 97.0 Å². The van der Waals surface area contributed by atoms with Crippen LogP contribution >= 0.6 is 11.6 Å². The van der Waals surface area contributed by atoms with E-state index >= 15 is 0 Å². The molecule has 90 valence electrons. The van der Waals surface area contributed by atoms with Gasteiger partial charge in [-0.2, -0.15) is 0 Å². The molecule has 0 bridgehead atoms. The molecule has 0 aliphatic rings. The van der Waals surface area contributed by atoms with Crippen molar-refractivity contribution in [3.8, 4) is 0 Å². The summed E-state index contributed by atoms with van der Waals surface area (Å²) in [7, 11) is 0. The highest BCUT2D eigenvalue weighted by molar-refractivity contribution is 6.63. The fraction of sp³-hybridized carbons (Fsp3) is 0.909. The molecule has 0 spiro atoms. The molecule has 0 aromatic heterocycles. The minimum atomic E-state index is -0.222. The third kappa shape index (κ3) is 13.9. The van der Waals surface area contributed by atoms with Crippen molar-refractivity contribution in [1.82, 2.24) is 0 Å². The van der Waals surface area contributed by atoms with E-state index in [1.165, 1.54) is 12.8 Å². The third-order valence-electron chi connectivity index (χ3n) is 2.05. The van der Waals surface area contributed by atoms with E-state index in [0.717, 1.165) is 25.7 Å². The average molecular weight is 237 g/mol. The van der Waals surface area contributed by atoms with Crippen LogP contribution in [0.5, 0.6) is 0 Å². The van der Waals surface area contributed by atoms with Gasteiger partial charge in [0.15, 0.2) is 0 Å². The predicted molar refractivity (Wildman–Crippen MR) is 60.8 cm³/mol. The molecule has 0 N–H and O–H groups in total. The Hall–Kier alpha value is -0.120. The Bertz CT molecular complexity index is 151. The molecule has 0 aliphatic heterocycles. The number of carbonyl (C=O) groups is 1. The highest BCUT2D eigenvalue weighted by Crippen LogP contribution is 2.08. The Morgan fingerprint density at radius 1 is 1.00 bits per heavy atom. The van der Waals surface area contributed by atoms with Crippen molar-refractivity contribution >= 4 is 16.8 Å². The van der Waals surface area contributed by atoms with Gasteiger partial charge in [-0.05, 0) is 31.4 Å². The van der Waals surface area contributed by atoms with Crippen molar-refractivity contribution in [1.29, 1.82) is 0 Å². The number of hydrogen-bond acceptors (Lipinski definition) is 3. The van der Waals surface area contributed by atoms with Crippen molar-refractivity contribution in [3.05, 3.63) is 0 Å². The Balaban J connectivity index is 2.89. The Kier molecular flexibility index (Phi) is 11.9. The van der Waals surface area contributed by atoms with E-state index < -0.39 is 0 Å². The molecule has 0 aromatic rings. The smallest absolute Gasteiger partial charge is 0.221 e. The van der Waals surface area contributed by atoms with Crippen LogP contribution in [0.1, 0.15) is 51.9 Å². The lowest BCUT2D eigenvalue weighted by molar-refractivity contribution is -0.291. The molecule has 0 aliphatic carbocycles. The van der Waals surface area contributed by atoms with E-state index in [0.29, 0.717) is 19.6 Å². The van der Waals surface area contributed by atoms with Crippen LogP contribution in [-0.4, -0.2) is 18.5 Å². The Morgan fingerprint density at radius 3 is 2.20 bits per heavy atom. The van der Waals surface area contributed by atoms with Gasteiger partial charge in [0.25, 0.3) is 0 Å². The van der Waals surface area contributed by atoms with Crippen molar-refractivity contribution in [2.45, 2.75) is 51.9 Å². The van der Waals surface area contributed by atoms with Crippen molar-refractivity contribution in [2.24, 2.45) is 0 Å². The van der Waals surface area contributed by atoms with Gasteiger partial charge in [0.05, 0.1) is 13.2 Å². The van der Waals surface area contributed by atoms with Gasteiger partial charge in [0, 0.05) is 6.42 Å². The molecular formula is C11H21ClO3. The summed E-state index contributed by atoms with van der Waals surface area (Å²) in [4.78, 5) is 20.0. The van der Waals surface area contributed by atoms with Gasteiger partial charge in [0.1, 0.15) is 0 Å². The summed E-state index contributed by atoms with van der Waals surface area (Å²) in [5, 5.41) is -0.222. The molecule has 0 rings (SSSR count). The summed E-state index contributed by atoms with van der Waals surface area (Å²) in [5.74, 6) is 0. The van der Waals surface area contributed by atoms with E-state index in [1.807, 2.05) is 6.92 Å². The minimum absolute atomic E-state index is 0.222. The second kappa shape index (κ2) is 12.0. The number of hydrogen-bond donors (Lipinski definition) is 0. The zero-order valence-electron chi connectivity index (χ0n) is 9.47. The van der Waals surface area contributed by atoms with E-state index in [-0.39, 0.29) is 5.24 Å². The maximum atomic E-state index is 10.4. The maximum Gasteiger partial charge on any atom is 0.221 e. The quantitative estimate of drug-likeness (QED) is 0.239. The van der Waals surface area contributed by atoms with Gasteiger partial charge in [-0.1, -0.05) is 25.7 Å². The van der Waals surface area contributed by atoms with E-state index in [4.69, 9.17) is 21.4 Å². The van der Waals surface area contributed by atoms with Crippen molar-refractivity contribution in [2.75, 3.05) is 13.2 Å². The molecule has 15 heavy (non-hydrogen) atoms. The van der Waals surface area contributed by atoms with Gasteiger partial charge in [0.2, 0.25) is 5.24 Å². The first-order valence-electron chi connectivity index (χ1n) is 5.70. The largest absolute Gasteiger partial charge is 0.281 e. The summed E-state index contributed by atoms with van der Waals surface area (Å²) in [5.41, 5.74) is 0. The van der Waals surface area contributed by atoms with Gasteiger partial charge in [-0.15, -0.1) is 0 Å². The lowest BCUT2D eigenvalue weighted by Gasteiger charge is -2.02. The van der Waals surface area contributed by atoms with E-state index in [9.17, 15) is 4.79 Å². The molecular weight excluding hydrogens is 216 g/mol. The van der Waals surface area contributed by atoms with Gasteiger partial charge in [-0.25, -0.2) is 9.78 Å². The molecule has 0 aromatic carbocycles. The number of rotatable bonds is 11. The highest BCUT2D eigenvalue weighted by atomic mass is 35.5. The van der Waals surface area contributed by atoms with E-state index in [2.05, 4.69) is 0 Å². The van der Waals surface area contributed by atoms with Crippen LogP contribution in [0.3, 0.4) is 0 Å². The lowest BCUT2D eigenvalue weighted by atomic mass is 10.1. The molecule has 0 saturated heterocycles. The maximum absolute atomic E-state index is 10.4. The first-order valence-corrected chi connectivity index (χ1v) is 6.08. The first-order chi connectivity index (χ1) is 7.27. The summed E-state index contributed by atoms with van der Waals surface area (Å²) in [6.07, 6.45) is 7.05. The van der Waals surface area contributed by atoms with Gasteiger partial charge in [-0.3, -0.25) is 4.79 Å². The van der Waals surface area contributed by atoms with Crippen LogP contribution in [0.2, 0.25) is 0 Å². The zero-order chi connectivity index (χ0) is 11.4. The van der Waals surface area contributed by atoms with Crippen LogP contribution in [0.4, 0.5) is 0 Å². The lowest BCUT2D eigenvalue weighted by Crippen LogP contribution is -1.96. The molecule has 0 unspecified atom stereocenters. The first kappa shape index (κ1) is 14.9. The molecule has 0 radical (unpaired) electrons. The monoisotopic (exact) mass is 236 g/mol. The van der Waals surface area contributed by atoms with Crippen LogP contribution in [-0.2, 0) is 14.6 Å². The highest BCUT2D eigenvalue weighted by Gasteiger charge is 1.96. The van der Waals surface area contributed by atoms with E-state index in [1.54, 1.807) is 0 Å². The topological polar surface area (TPSA) is 35.5 Å². The molecule has 4 heteroatoms. The SMILES string of the molecule is CCOOCCCCCCCCC(=O)Cl. The summed E-state index contributed by atoms with van der Waals surface area (Å²) >= 11 is 5.22. The van der Waals surface area contributed by atoms with Crippen molar-refractivity contribution < 1.29 is 14.6 Å². The number of carbonyl (C=O) groups excluding carboxylic acids is 1. The molecule has 0 heterocycles. The van der Waals surface area contributed by atoms with Crippen LogP contribution < -0.4 is 0 Å². The number of halogens is 1. The molecule has 0 amide bonds. The molecule has 0 atom stereocenters. The summed E-state index contributed by atoms with van der Waals surface area (Å²) in [6, 6.07) is 0. The van der Waals surface area contributed by atoms with Crippen LogP contribution in [0, 0.1) is 0 Å². The fourth-order valence-electron chi connectivity index (χ4n) is 1.27. The fourth-order valence-corrected chi connectivity index (χ4v) is 1.41. The number of unbranched alkanes of at least 4 members (excludes halogenated alkanes) is 5. The zero-order valence-corrected chi connectivity index (χ0v) is 10.2. The molecule has 0 saturated carbocycles.